The first-order valence-electron chi connectivity index (χ1n) is 10.2. The number of primary amides is 1. The molecule has 0 saturated heterocycles. The topological polar surface area (TPSA) is 89.8 Å². The molecule has 0 radical (unpaired) electrons. The fourth-order valence-electron chi connectivity index (χ4n) is 3.42. The van der Waals surface area contributed by atoms with Crippen molar-refractivity contribution in [2.24, 2.45) is 10.7 Å². The number of aromatic hydroxyl groups is 1. The SMILES string of the molecule is COc1ccc(N=c2scc(-c3ccc(O)c(C(N)=O)c3)n2CCc2ccc(Cl)cc2)cc1. The molecule has 4 aromatic rings. The number of ether oxygens (including phenoxy) is 1. The van der Waals surface area contributed by atoms with Crippen LogP contribution in [0.15, 0.2) is 77.1 Å². The highest BCUT2D eigenvalue weighted by Gasteiger charge is 2.14. The minimum Gasteiger partial charge on any atom is -0.507 e. The van der Waals surface area contributed by atoms with Crippen LogP contribution in [-0.2, 0) is 13.0 Å². The molecule has 4 rings (SSSR count). The van der Waals surface area contributed by atoms with E-state index in [1.807, 2.05) is 53.9 Å². The third-order valence-electron chi connectivity index (χ3n) is 5.19. The quantitative estimate of drug-likeness (QED) is 0.383. The van der Waals surface area contributed by atoms with E-state index in [0.717, 1.165) is 39.5 Å². The summed E-state index contributed by atoms with van der Waals surface area (Å²) in [5.74, 6) is -0.0581. The zero-order valence-electron chi connectivity index (χ0n) is 17.9. The molecule has 0 fully saturated rings. The number of benzene rings is 3. The number of amides is 1. The normalized spacial score (nSPS) is 11.5. The molecule has 33 heavy (non-hydrogen) atoms. The van der Waals surface area contributed by atoms with E-state index in [9.17, 15) is 9.90 Å². The summed E-state index contributed by atoms with van der Waals surface area (Å²) >= 11 is 7.52. The summed E-state index contributed by atoms with van der Waals surface area (Å²) in [7, 11) is 1.63. The Kier molecular flexibility index (Phi) is 6.82. The summed E-state index contributed by atoms with van der Waals surface area (Å²) in [5, 5.41) is 12.7. The minimum atomic E-state index is -0.680. The number of halogens is 1. The first kappa shape index (κ1) is 22.6. The Bertz CT molecular complexity index is 1340. The smallest absolute Gasteiger partial charge is 0.252 e. The van der Waals surface area contributed by atoms with Crippen LogP contribution in [0.5, 0.6) is 11.5 Å². The average molecular weight is 480 g/mol. The van der Waals surface area contributed by atoms with Crippen LogP contribution in [0.25, 0.3) is 11.3 Å². The summed E-state index contributed by atoms with van der Waals surface area (Å²) in [5.41, 5.74) is 9.10. The standard InChI is InChI=1S/C25H22ClN3O3S/c1-32-20-9-7-19(8-10-20)28-25-29(13-12-16-2-5-18(26)6-3-16)22(15-33-25)17-4-11-23(30)21(14-17)24(27)31/h2-11,14-15,30H,12-13H2,1H3,(H2,27,31). The van der Waals surface area contributed by atoms with Crippen LogP contribution in [0.2, 0.25) is 5.02 Å². The van der Waals surface area contributed by atoms with Gasteiger partial charge in [0.1, 0.15) is 11.5 Å². The Morgan fingerprint density at radius 2 is 1.85 bits per heavy atom. The molecule has 0 aliphatic carbocycles. The lowest BCUT2D eigenvalue weighted by Crippen LogP contribution is -2.17. The monoisotopic (exact) mass is 479 g/mol. The number of thiazole rings is 1. The van der Waals surface area contributed by atoms with Crippen LogP contribution in [0.3, 0.4) is 0 Å². The van der Waals surface area contributed by atoms with Gasteiger partial charge >= 0.3 is 0 Å². The van der Waals surface area contributed by atoms with Crippen LogP contribution in [-0.4, -0.2) is 22.7 Å². The number of hydrogen-bond acceptors (Lipinski definition) is 5. The highest BCUT2D eigenvalue weighted by Crippen LogP contribution is 2.27. The van der Waals surface area contributed by atoms with E-state index in [2.05, 4.69) is 4.57 Å². The summed E-state index contributed by atoms with van der Waals surface area (Å²) in [6.07, 6.45) is 0.761. The van der Waals surface area contributed by atoms with Gasteiger partial charge in [0.05, 0.1) is 24.1 Å². The van der Waals surface area contributed by atoms with Gasteiger partial charge in [0, 0.05) is 22.5 Å². The van der Waals surface area contributed by atoms with Crippen molar-refractivity contribution < 1.29 is 14.6 Å². The van der Waals surface area contributed by atoms with E-state index in [4.69, 9.17) is 27.1 Å². The van der Waals surface area contributed by atoms with Crippen molar-refractivity contribution in [3.05, 3.63) is 93.1 Å². The second-order valence-electron chi connectivity index (χ2n) is 7.34. The molecular weight excluding hydrogens is 458 g/mol. The van der Waals surface area contributed by atoms with Crippen molar-refractivity contribution in [2.45, 2.75) is 13.0 Å². The van der Waals surface area contributed by atoms with E-state index in [1.54, 1.807) is 19.2 Å². The molecule has 0 spiro atoms. The van der Waals surface area contributed by atoms with Gasteiger partial charge < -0.3 is 20.1 Å². The number of hydrogen-bond donors (Lipinski definition) is 2. The second-order valence-corrected chi connectivity index (χ2v) is 8.61. The third-order valence-corrected chi connectivity index (χ3v) is 6.31. The van der Waals surface area contributed by atoms with Crippen molar-refractivity contribution in [3.63, 3.8) is 0 Å². The van der Waals surface area contributed by atoms with Gasteiger partial charge in [-0.3, -0.25) is 4.79 Å². The molecule has 0 aliphatic heterocycles. The average Bonchev–Trinajstić information content (AvgIpc) is 3.21. The number of rotatable bonds is 7. The second kappa shape index (κ2) is 9.94. The molecule has 0 unspecified atom stereocenters. The van der Waals surface area contributed by atoms with E-state index in [0.29, 0.717) is 11.6 Å². The Hall–Kier alpha value is -3.55. The van der Waals surface area contributed by atoms with Crippen LogP contribution in [0.4, 0.5) is 5.69 Å². The molecule has 3 aromatic carbocycles. The van der Waals surface area contributed by atoms with Gasteiger partial charge in [0.2, 0.25) is 0 Å². The predicted molar refractivity (Wildman–Crippen MR) is 131 cm³/mol. The maximum atomic E-state index is 11.7. The van der Waals surface area contributed by atoms with Crippen LogP contribution in [0.1, 0.15) is 15.9 Å². The molecule has 1 aromatic heterocycles. The number of phenols is 1. The maximum absolute atomic E-state index is 11.7. The molecule has 8 heteroatoms. The number of aromatic nitrogens is 1. The fourth-order valence-corrected chi connectivity index (χ4v) is 4.50. The summed E-state index contributed by atoms with van der Waals surface area (Å²) in [6.45, 7) is 0.655. The molecule has 6 nitrogen and oxygen atoms in total. The zero-order chi connectivity index (χ0) is 23.4. The molecule has 3 N–H and O–H groups in total. The van der Waals surface area contributed by atoms with E-state index < -0.39 is 5.91 Å². The molecule has 168 valence electrons. The summed E-state index contributed by atoms with van der Waals surface area (Å²) in [6, 6.07) is 20.1. The number of carbonyl (C=O) groups is 1. The van der Waals surface area contributed by atoms with Gasteiger partial charge in [-0.2, -0.15) is 0 Å². The number of nitrogens with zero attached hydrogens (tertiary/aromatic N) is 2. The fraction of sp³-hybridized carbons (Fsp3) is 0.120. The number of aryl methyl sites for hydroxylation is 1. The molecule has 0 saturated carbocycles. The van der Waals surface area contributed by atoms with Gasteiger partial charge in [-0.1, -0.05) is 23.7 Å². The van der Waals surface area contributed by atoms with Gasteiger partial charge in [-0.15, -0.1) is 11.3 Å². The van der Waals surface area contributed by atoms with Crippen molar-refractivity contribution in [1.29, 1.82) is 0 Å². The minimum absolute atomic E-state index is 0.0802. The zero-order valence-corrected chi connectivity index (χ0v) is 19.4. The van der Waals surface area contributed by atoms with Gasteiger partial charge in [0.25, 0.3) is 5.91 Å². The molecule has 0 bridgehead atoms. The molecular formula is C25H22ClN3O3S. The van der Waals surface area contributed by atoms with Crippen molar-refractivity contribution in [1.82, 2.24) is 4.57 Å². The van der Waals surface area contributed by atoms with Crippen LogP contribution < -0.4 is 15.3 Å². The summed E-state index contributed by atoms with van der Waals surface area (Å²) < 4.78 is 7.33. The lowest BCUT2D eigenvalue weighted by molar-refractivity contribution is 0.0998. The molecule has 0 aliphatic rings. The lowest BCUT2D eigenvalue weighted by Gasteiger charge is -2.11. The Balaban J connectivity index is 1.77. The van der Waals surface area contributed by atoms with Crippen molar-refractivity contribution in [2.75, 3.05) is 7.11 Å². The van der Waals surface area contributed by atoms with Gasteiger partial charge in [-0.25, -0.2) is 4.99 Å². The van der Waals surface area contributed by atoms with E-state index >= 15 is 0 Å². The highest BCUT2D eigenvalue weighted by molar-refractivity contribution is 7.07. The number of methoxy groups -OCH3 is 1. The lowest BCUT2D eigenvalue weighted by atomic mass is 10.1. The van der Waals surface area contributed by atoms with Crippen molar-refractivity contribution in [3.8, 4) is 22.8 Å². The maximum Gasteiger partial charge on any atom is 0.252 e. The predicted octanol–water partition coefficient (Wildman–Crippen LogP) is 5.16. The first-order chi connectivity index (χ1) is 15.9. The first-order valence-corrected chi connectivity index (χ1v) is 11.4. The summed E-state index contributed by atoms with van der Waals surface area (Å²) in [4.78, 5) is 17.4. The molecule has 1 amide bonds. The van der Waals surface area contributed by atoms with Crippen LogP contribution in [0, 0.1) is 0 Å². The van der Waals surface area contributed by atoms with Crippen molar-refractivity contribution >= 4 is 34.5 Å². The number of carbonyl (C=O) groups excluding carboxylic acids is 1. The van der Waals surface area contributed by atoms with Gasteiger partial charge in [0.15, 0.2) is 4.80 Å². The van der Waals surface area contributed by atoms with E-state index in [-0.39, 0.29) is 11.3 Å². The highest BCUT2D eigenvalue weighted by atomic mass is 35.5. The van der Waals surface area contributed by atoms with Gasteiger partial charge in [-0.05, 0) is 66.6 Å². The number of nitrogens with two attached hydrogens (primary N) is 1. The Labute approximate surface area is 200 Å². The molecule has 1 heterocycles. The third kappa shape index (κ3) is 5.27. The molecule has 0 atom stereocenters. The Morgan fingerprint density at radius 1 is 1.12 bits per heavy atom. The Morgan fingerprint density at radius 3 is 2.52 bits per heavy atom. The van der Waals surface area contributed by atoms with Crippen LogP contribution >= 0.6 is 22.9 Å². The largest absolute Gasteiger partial charge is 0.507 e. The van der Waals surface area contributed by atoms with E-state index in [1.165, 1.54) is 17.4 Å².